The van der Waals surface area contributed by atoms with Crippen LogP contribution in [0.3, 0.4) is 0 Å². The molecule has 0 bridgehead atoms. The predicted octanol–water partition coefficient (Wildman–Crippen LogP) is 3.90. The Hall–Kier alpha value is -1.96. The van der Waals surface area contributed by atoms with Gasteiger partial charge in [-0.25, -0.2) is 9.97 Å². The van der Waals surface area contributed by atoms with Crippen molar-refractivity contribution in [2.75, 3.05) is 24.3 Å². The number of alkyl halides is 3. The van der Waals surface area contributed by atoms with Crippen LogP contribution in [-0.4, -0.2) is 29.6 Å². The van der Waals surface area contributed by atoms with Crippen LogP contribution < -0.4 is 10.2 Å². The highest BCUT2D eigenvalue weighted by molar-refractivity contribution is 8.00. The molecule has 0 amide bonds. The van der Waals surface area contributed by atoms with Crippen molar-refractivity contribution in [3.63, 3.8) is 0 Å². The number of benzene rings is 1. The molecule has 0 saturated carbocycles. The highest BCUT2D eigenvalue weighted by Crippen LogP contribution is 2.37. The summed E-state index contributed by atoms with van der Waals surface area (Å²) < 4.78 is 36.7. The molecule has 1 N–H and O–H groups in total. The maximum Gasteiger partial charge on any atom is 0.446 e. The van der Waals surface area contributed by atoms with E-state index in [2.05, 4.69) is 15.3 Å². The fourth-order valence-electron chi connectivity index (χ4n) is 1.55. The Balaban J connectivity index is 2.08. The van der Waals surface area contributed by atoms with Crippen LogP contribution in [0.25, 0.3) is 0 Å². The van der Waals surface area contributed by atoms with Crippen LogP contribution >= 0.6 is 11.8 Å². The molecule has 0 spiro atoms. The SMILES string of the molecule is CN(C)c1cc(Nc2ccc(SC(F)(F)F)cc2)ncn1. The van der Waals surface area contributed by atoms with E-state index in [-0.39, 0.29) is 16.7 Å². The van der Waals surface area contributed by atoms with Gasteiger partial charge in [-0.05, 0) is 36.0 Å². The van der Waals surface area contributed by atoms with Gasteiger partial charge in [-0.15, -0.1) is 0 Å². The zero-order chi connectivity index (χ0) is 15.5. The van der Waals surface area contributed by atoms with Crippen LogP contribution in [0.15, 0.2) is 41.6 Å². The number of anilines is 3. The van der Waals surface area contributed by atoms with Crippen LogP contribution in [0.2, 0.25) is 0 Å². The van der Waals surface area contributed by atoms with Crippen molar-refractivity contribution < 1.29 is 13.2 Å². The van der Waals surface area contributed by atoms with Gasteiger partial charge in [0.15, 0.2) is 0 Å². The van der Waals surface area contributed by atoms with E-state index in [1.165, 1.54) is 18.5 Å². The van der Waals surface area contributed by atoms with Crippen LogP contribution in [0, 0.1) is 0 Å². The van der Waals surface area contributed by atoms with Gasteiger partial charge in [0.1, 0.15) is 18.0 Å². The molecule has 8 heteroatoms. The van der Waals surface area contributed by atoms with Gasteiger partial charge in [0.25, 0.3) is 0 Å². The Bertz CT molecular complexity index is 599. The minimum absolute atomic E-state index is 0.138. The molecule has 0 saturated heterocycles. The van der Waals surface area contributed by atoms with E-state index >= 15 is 0 Å². The van der Waals surface area contributed by atoms with E-state index in [1.54, 1.807) is 18.2 Å². The van der Waals surface area contributed by atoms with E-state index < -0.39 is 5.51 Å². The van der Waals surface area contributed by atoms with E-state index in [4.69, 9.17) is 0 Å². The number of thioether (sulfide) groups is 1. The Morgan fingerprint density at radius 2 is 1.76 bits per heavy atom. The molecule has 0 fully saturated rings. The third-order valence-corrected chi connectivity index (χ3v) is 3.21. The average molecular weight is 314 g/mol. The van der Waals surface area contributed by atoms with Crippen molar-refractivity contribution in [2.45, 2.75) is 10.4 Å². The Morgan fingerprint density at radius 3 is 2.33 bits per heavy atom. The third-order valence-electron chi connectivity index (χ3n) is 2.47. The quantitative estimate of drug-likeness (QED) is 0.867. The van der Waals surface area contributed by atoms with Crippen LogP contribution in [0.5, 0.6) is 0 Å². The Labute approximate surface area is 124 Å². The molecule has 2 rings (SSSR count). The van der Waals surface area contributed by atoms with Gasteiger partial charge in [0.2, 0.25) is 0 Å². The summed E-state index contributed by atoms with van der Waals surface area (Å²) in [4.78, 5) is 10.1. The molecule has 0 radical (unpaired) electrons. The second-order valence-corrected chi connectivity index (χ2v) is 5.49. The summed E-state index contributed by atoms with van der Waals surface area (Å²) in [5, 5.41) is 3.02. The van der Waals surface area contributed by atoms with Crippen molar-refractivity contribution in [3.8, 4) is 0 Å². The normalized spacial score (nSPS) is 11.3. The summed E-state index contributed by atoms with van der Waals surface area (Å²) in [5.41, 5.74) is -3.62. The summed E-state index contributed by atoms with van der Waals surface area (Å²) in [6.07, 6.45) is 1.42. The van der Waals surface area contributed by atoms with E-state index in [0.29, 0.717) is 11.5 Å². The number of nitrogens with one attached hydrogen (secondary N) is 1. The number of hydrogen-bond donors (Lipinski definition) is 1. The summed E-state index contributed by atoms with van der Waals surface area (Å²) in [6.45, 7) is 0. The molecular weight excluding hydrogens is 301 g/mol. The first-order valence-corrected chi connectivity index (χ1v) is 6.77. The van der Waals surface area contributed by atoms with Crippen molar-refractivity contribution in [1.82, 2.24) is 9.97 Å². The molecule has 0 aliphatic carbocycles. The number of nitrogens with zero attached hydrogens (tertiary/aromatic N) is 3. The smallest absolute Gasteiger partial charge is 0.363 e. The summed E-state index contributed by atoms with van der Waals surface area (Å²) in [5.74, 6) is 1.31. The number of hydrogen-bond acceptors (Lipinski definition) is 5. The fourth-order valence-corrected chi connectivity index (χ4v) is 2.09. The van der Waals surface area contributed by atoms with E-state index in [9.17, 15) is 13.2 Å². The molecule has 1 aromatic carbocycles. The molecule has 21 heavy (non-hydrogen) atoms. The first-order chi connectivity index (χ1) is 9.83. The van der Waals surface area contributed by atoms with E-state index in [0.717, 1.165) is 5.82 Å². The molecule has 1 aromatic heterocycles. The number of halogens is 3. The molecule has 0 unspecified atom stereocenters. The highest BCUT2D eigenvalue weighted by Gasteiger charge is 2.28. The molecule has 0 atom stereocenters. The molecule has 112 valence electrons. The van der Waals surface area contributed by atoms with Crippen molar-refractivity contribution >= 4 is 29.1 Å². The van der Waals surface area contributed by atoms with E-state index in [1.807, 2.05) is 19.0 Å². The molecule has 2 aromatic rings. The predicted molar refractivity (Wildman–Crippen MR) is 78.0 cm³/mol. The topological polar surface area (TPSA) is 41.0 Å². The molecule has 0 aliphatic heterocycles. The average Bonchev–Trinajstić information content (AvgIpc) is 2.40. The standard InChI is InChI=1S/C13H13F3N4S/c1-20(2)12-7-11(17-8-18-12)19-9-3-5-10(6-4-9)21-13(14,15)16/h3-8H,1-2H3,(H,17,18,19). The monoisotopic (exact) mass is 314 g/mol. The van der Waals surface area contributed by atoms with Crippen molar-refractivity contribution in [2.24, 2.45) is 0 Å². The maximum atomic E-state index is 12.2. The van der Waals surface area contributed by atoms with Crippen molar-refractivity contribution in [1.29, 1.82) is 0 Å². The Kier molecular flexibility index (Phi) is 4.56. The van der Waals surface area contributed by atoms with Gasteiger partial charge >= 0.3 is 5.51 Å². The molecular formula is C13H13F3N4S. The first kappa shape index (κ1) is 15.4. The van der Waals surface area contributed by atoms with Crippen LogP contribution in [-0.2, 0) is 0 Å². The van der Waals surface area contributed by atoms with Gasteiger partial charge in [-0.2, -0.15) is 13.2 Å². The fraction of sp³-hybridized carbons (Fsp3) is 0.231. The van der Waals surface area contributed by atoms with Gasteiger partial charge in [-0.3, -0.25) is 0 Å². The minimum atomic E-state index is -4.28. The van der Waals surface area contributed by atoms with Gasteiger partial charge < -0.3 is 10.2 Å². The third kappa shape index (κ3) is 4.82. The highest BCUT2D eigenvalue weighted by atomic mass is 32.2. The van der Waals surface area contributed by atoms with Crippen molar-refractivity contribution in [3.05, 3.63) is 36.7 Å². The minimum Gasteiger partial charge on any atom is -0.363 e. The lowest BCUT2D eigenvalue weighted by Crippen LogP contribution is -2.11. The lowest BCUT2D eigenvalue weighted by molar-refractivity contribution is -0.0328. The van der Waals surface area contributed by atoms with Gasteiger partial charge in [-0.1, -0.05) is 0 Å². The Morgan fingerprint density at radius 1 is 1.10 bits per heavy atom. The first-order valence-electron chi connectivity index (χ1n) is 5.96. The summed E-state index contributed by atoms with van der Waals surface area (Å²) in [7, 11) is 3.71. The summed E-state index contributed by atoms with van der Waals surface area (Å²) in [6, 6.07) is 7.72. The largest absolute Gasteiger partial charge is 0.446 e. The second-order valence-electron chi connectivity index (χ2n) is 4.35. The zero-order valence-corrected chi connectivity index (χ0v) is 12.2. The lowest BCUT2D eigenvalue weighted by Gasteiger charge is -2.12. The second kappa shape index (κ2) is 6.21. The van der Waals surface area contributed by atoms with Crippen LogP contribution in [0.1, 0.15) is 0 Å². The zero-order valence-electron chi connectivity index (χ0n) is 11.3. The molecule has 4 nitrogen and oxygen atoms in total. The maximum absolute atomic E-state index is 12.2. The summed E-state index contributed by atoms with van der Waals surface area (Å²) >= 11 is -0.138. The van der Waals surface area contributed by atoms with Crippen LogP contribution in [0.4, 0.5) is 30.5 Å². The lowest BCUT2D eigenvalue weighted by atomic mass is 10.3. The number of aromatic nitrogens is 2. The molecule has 1 heterocycles. The molecule has 0 aliphatic rings. The van der Waals surface area contributed by atoms with Gasteiger partial charge in [0, 0.05) is 30.7 Å². The number of rotatable bonds is 4. The van der Waals surface area contributed by atoms with Gasteiger partial charge in [0.05, 0.1) is 0 Å².